The van der Waals surface area contributed by atoms with Gasteiger partial charge in [0.15, 0.2) is 0 Å². The molecule has 102 valence electrons. The van der Waals surface area contributed by atoms with Crippen LogP contribution in [-0.4, -0.2) is 28.4 Å². The molecule has 0 fully saturated rings. The van der Waals surface area contributed by atoms with Crippen molar-refractivity contribution >= 4 is 0 Å². The molecule has 0 atom stereocenters. The van der Waals surface area contributed by atoms with Crippen LogP contribution in [0.3, 0.4) is 0 Å². The van der Waals surface area contributed by atoms with Gasteiger partial charge in [0.05, 0.1) is 20.0 Å². The number of hydrogen-bond acceptors (Lipinski definition) is 4. The van der Waals surface area contributed by atoms with Gasteiger partial charge >= 0.3 is 0 Å². The van der Waals surface area contributed by atoms with Gasteiger partial charge in [0, 0.05) is 23.4 Å². The molecule has 1 aromatic carbocycles. The normalized spacial score (nSPS) is 9.70. The van der Waals surface area contributed by atoms with Crippen molar-refractivity contribution in [1.29, 1.82) is 0 Å². The Morgan fingerprint density at radius 3 is 2.95 bits per heavy atom. The summed E-state index contributed by atoms with van der Waals surface area (Å²) in [6, 6.07) is 6.83. The summed E-state index contributed by atoms with van der Waals surface area (Å²) in [4.78, 5) is 15.6. The molecule has 0 saturated heterocycles. The first-order chi connectivity index (χ1) is 9.74. The van der Waals surface area contributed by atoms with E-state index in [2.05, 4.69) is 16.8 Å². The fraction of sp³-hybridized carbons (Fsp3) is 0.200. The molecule has 1 aromatic heterocycles. The number of aliphatic hydroxyl groups excluding tert-OH is 1. The molecule has 1 N–H and O–H groups in total. The van der Waals surface area contributed by atoms with Crippen molar-refractivity contribution in [2.45, 2.75) is 6.54 Å². The average Bonchev–Trinajstić information content (AvgIpc) is 2.48. The van der Waals surface area contributed by atoms with E-state index in [1.165, 1.54) is 23.2 Å². The monoisotopic (exact) mass is 270 g/mol. The van der Waals surface area contributed by atoms with E-state index in [9.17, 15) is 4.79 Å². The molecule has 5 heteroatoms. The fourth-order valence-electron chi connectivity index (χ4n) is 1.80. The van der Waals surface area contributed by atoms with Crippen molar-refractivity contribution in [1.82, 2.24) is 9.55 Å². The molecule has 0 aliphatic carbocycles. The van der Waals surface area contributed by atoms with Gasteiger partial charge < -0.3 is 9.84 Å². The van der Waals surface area contributed by atoms with Gasteiger partial charge in [-0.25, -0.2) is 4.98 Å². The van der Waals surface area contributed by atoms with Crippen molar-refractivity contribution in [2.75, 3.05) is 13.7 Å². The Balaban J connectivity index is 2.38. The van der Waals surface area contributed by atoms with Crippen molar-refractivity contribution in [3.05, 3.63) is 58.3 Å². The summed E-state index contributed by atoms with van der Waals surface area (Å²) in [6.07, 6.45) is 2.94. The molecular weight excluding hydrogens is 256 g/mol. The van der Waals surface area contributed by atoms with E-state index in [1.807, 2.05) is 6.07 Å². The van der Waals surface area contributed by atoms with E-state index in [0.29, 0.717) is 12.3 Å². The summed E-state index contributed by atoms with van der Waals surface area (Å²) in [5.74, 6) is 6.09. The molecular formula is C15H14N2O3. The average molecular weight is 270 g/mol. The molecule has 0 aliphatic rings. The van der Waals surface area contributed by atoms with E-state index in [0.717, 1.165) is 11.1 Å². The minimum absolute atomic E-state index is 0.131. The van der Waals surface area contributed by atoms with Gasteiger partial charge in [-0.3, -0.25) is 9.36 Å². The zero-order valence-electron chi connectivity index (χ0n) is 11.0. The topological polar surface area (TPSA) is 64.3 Å². The maximum Gasteiger partial charge on any atom is 0.253 e. The van der Waals surface area contributed by atoms with Gasteiger partial charge in [-0.2, -0.15) is 0 Å². The SMILES string of the molecule is COc1ccc(C#CCO)cc1Cn1cnccc1=O. The number of rotatable bonds is 3. The highest BCUT2D eigenvalue weighted by Crippen LogP contribution is 2.20. The summed E-state index contributed by atoms with van der Waals surface area (Å²) in [6.45, 7) is 0.161. The number of hydrogen-bond donors (Lipinski definition) is 1. The Morgan fingerprint density at radius 1 is 1.40 bits per heavy atom. The molecule has 0 amide bonds. The van der Waals surface area contributed by atoms with Crippen LogP contribution in [0.5, 0.6) is 5.75 Å². The molecule has 0 aliphatic heterocycles. The predicted octanol–water partition coefficient (Wildman–Crippen LogP) is 0.644. The first-order valence-corrected chi connectivity index (χ1v) is 6.01. The number of benzene rings is 1. The number of nitrogens with zero attached hydrogens (tertiary/aromatic N) is 2. The van der Waals surface area contributed by atoms with Gasteiger partial charge in [0.2, 0.25) is 0 Å². The summed E-state index contributed by atoms with van der Waals surface area (Å²) in [7, 11) is 1.57. The second-order valence-electron chi connectivity index (χ2n) is 4.03. The summed E-state index contributed by atoms with van der Waals surface area (Å²) in [5, 5.41) is 8.72. The van der Waals surface area contributed by atoms with Crippen LogP contribution in [0.4, 0.5) is 0 Å². The van der Waals surface area contributed by atoms with E-state index < -0.39 is 0 Å². The lowest BCUT2D eigenvalue weighted by atomic mass is 10.1. The van der Waals surface area contributed by atoms with Gasteiger partial charge in [-0.05, 0) is 18.2 Å². The minimum atomic E-state index is -0.191. The third-order valence-electron chi connectivity index (χ3n) is 2.73. The third-order valence-corrected chi connectivity index (χ3v) is 2.73. The highest BCUT2D eigenvalue weighted by atomic mass is 16.5. The van der Waals surface area contributed by atoms with Crippen LogP contribution in [0.25, 0.3) is 0 Å². The van der Waals surface area contributed by atoms with Gasteiger partial charge in [-0.15, -0.1) is 0 Å². The van der Waals surface area contributed by atoms with Crippen LogP contribution < -0.4 is 10.3 Å². The fourth-order valence-corrected chi connectivity index (χ4v) is 1.80. The van der Waals surface area contributed by atoms with Gasteiger partial charge in [0.25, 0.3) is 5.56 Å². The van der Waals surface area contributed by atoms with E-state index in [-0.39, 0.29) is 12.2 Å². The molecule has 2 aromatic rings. The molecule has 2 rings (SSSR count). The lowest BCUT2D eigenvalue weighted by Gasteiger charge is -2.10. The summed E-state index contributed by atoms with van der Waals surface area (Å²) >= 11 is 0. The molecule has 0 radical (unpaired) electrons. The van der Waals surface area contributed by atoms with E-state index in [1.54, 1.807) is 19.2 Å². The summed E-state index contributed by atoms with van der Waals surface area (Å²) < 4.78 is 6.77. The number of ether oxygens (including phenoxy) is 1. The van der Waals surface area contributed by atoms with Crippen LogP contribution in [0, 0.1) is 11.8 Å². The first-order valence-electron chi connectivity index (χ1n) is 6.01. The first kappa shape index (κ1) is 13.8. The van der Waals surface area contributed by atoms with E-state index >= 15 is 0 Å². The van der Waals surface area contributed by atoms with Crippen LogP contribution in [0.2, 0.25) is 0 Å². The minimum Gasteiger partial charge on any atom is -0.496 e. The standard InChI is InChI=1S/C15H14N2O3/c1-20-14-5-4-12(3-2-8-18)9-13(14)10-17-11-16-7-6-15(17)19/h4-7,9,11,18H,8,10H2,1H3. The van der Waals surface area contributed by atoms with Gasteiger partial charge in [0.1, 0.15) is 12.4 Å². The maximum atomic E-state index is 11.7. The van der Waals surface area contributed by atoms with Crippen LogP contribution in [0.1, 0.15) is 11.1 Å². The quantitative estimate of drug-likeness (QED) is 0.831. The predicted molar refractivity (Wildman–Crippen MR) is 74.6 cm³/mol. The Morgan fingerprint density at radius 2 is 2.25 bits per heavy atom. The largest absolute Gasteiger partial charge is 0.496 e. The van der Waals surface area contributed by atoms with Crippen molar-refractivity contribution in [3.63, 3.8) is 0 Å². The van der Waals surface area contributed by atoms with Gasteiger partial charge in [-0.1, -0.05) is 11.8 Å². The smallest absolute Gasteiger partial charge is 0.253 e. The second kappa shape index (κ2) is 6.55. The number of aromatic nitrogens is 2. The van der Waals surface area contributed by atoms with Crippen LogP contribution in [0.15, 0.2) is 41.6 Å². The molecule has 20 heavy (non-hydrogen) atoms. The molecule has 0 saturated carbocycles. The Kier molecular flexibility index (Phi) is 4.53. The molecule has 0 unspecified atom stereocenters. The zero-order valence-corrected chi connectivity index (χ0v) is 11.0. The molecule has 5 nitrogen and oxygen atoms in total. The van der Waals surface area contributed by atoms with Crippen LogP contribution in [-0.2, 0) is 6.54 Å². The van der Waals surface area contributed by atoms with Crippen molar-refractivity contribution in [2.24, 2.45) is 0 Å². The number of methoxy groups -OCH3 is 1. The Hall–Kier alpha value is -2.58. The third kappa shape index (κ3) is 3.25. The Labute approximate surface area is 116 Å². The maximum absolute atomic E-state index is 11.7. The molecule has 1 heterocycles. The lowest BCUT2D eigenvalue weighted by Crippen LogP contribution is -2.19. The highest BCUT2D eigenvalue weighted by Gasteiger charge is 2.05. The van der Waals surface area contributed by atoms with Crippen molar-refractivity contribution in [3.8, 4) is 17.6 Å². The number of aliphatic hydroxyl groups is 1. The molecule has 0 bridgehead atoms. The zero-order chi connectivity index (χ0) is 14.4. The van der Waals surface area contributed by atoms with Crippen molar-refractivity contribution < 1.29 is 9.84 Å². The lowest BCUT2D eigenvalue weighted by molar-refractivity contribution is 0.350. The second-order valence-corrected chi connectivity index (χ2v) is 4.03. The highest BCUT2D eigenvalue weighted by molar-refractivity contribution is 5.44. The van der Waals surface area contributed by atoms with Crippen LogP contribution >= 0.6 is 0 Å². The Bertz CT molecular complexity index is 711. The van der Waals surface area contributed by atoms with E-state index in [4.69, 9.17) is 9.84 Å². The molecule has 0 spiro atoms. The summed E-state index contributed by atoms with van der Waals surface area (Å²) in [5.41, 5.74) is 1.45.